The summed E-state index contributed by atoms with van der Waals surface area (Å²) in [6, 6.07) is 0. The van der Waals surface area contributed by atoms with Gasteiger partial charge in [-0.1, -0.05) is 0 Å². The molecule has 1 atom stereocenters. The van der Waals surface area contributed by atoms with Gasteiger partial charge in [-0.25, -0.2) is 0 Å². The molecule has 0 radical (unpaired) electrons. The molecule has 0 aromatic rings. The molecule has 4 heteroatoms. The third kappa shape index (κ3) is 3.60. The fraction of sp³-hybridized carbons (Fsp3) is 1.00. The summed E-state index contributed by atoms with van der Waals surface area (Å²) < 4.78 is 0.0424. The van der Waals surface area contributed by atoms with Crippen molar-refractivity contribution in [2.75, 3.05) is 0 Å². The Morgan fingerprint density at radius 2 is 1.33 bits per heavy atom. The van der Waals surface area contributed by atoms with Crippen molar-refractivity contribution in [3.8, 4) is 0 Å². The zero-order chi connectivity index (χ0) is 5.15. The van der Waals surface area contributed by atoms with E-state index in [0.717, 1.165) is 0 Å². The van der Waals surface area contributed by atoms with E-state index in [1.807, 2.05) is 0 Å². The maximum absolute atomic E-state index is 5.43. The van der Waals surface area contributed by atoms with Crippen LogP contribution in [0.25, 0.3) is 0 Å². The average Bonchev–Trinajstić information content (AvgIpc) is 1.36. The quantitative estimate of drug-likeness (QED) is 0.440. The minimum atomic E-state index is -0.355. The molecule has 0 rings (SSSR count). The van der Waals surface area contributed by atoms with Crippen molar-refractivity contribution in [1.82, 2.24) is 0 Å². The number of rotatable bonds is 1. The summed E-state index contributed by atoms with van der Waals surface area (Å²) in [7, 11) is 0. The molecule has 0 bridgehead atoms. The van der Waals surface area contributed by atoms with E-state index in [2.05, 4.69) is 0 Å². The van der Waals surface area contributed by atoms with Gasteiger partial charge in [0, 0.05) is 0 Å². The Bertz CT molecular complexity index is 29.8. The molecule has 0 fully saturated rings. The molecule has 0 nitrogen and oxygen atoms in total. The van der Waals surface area contributed by atoms with Crippen molar-refractivity contribution < 1.29 is 0 Å². The molecule has 0 aromatic heterocycles. The summed E-state index contributed by atoms with van der Waals surface area (Å²) in [6.45, 7) is 0. The topological polar surface area (TPSA) is 0 Å². The molecule has 6 heavy (non-hydrogen) atoms. The third-order valence-electron chi connectivity index (χ3n) is 0.347. The standard InChI is InChI=1S/C2H5Cl3Ge/c3-1(4)2(5)6/h1-2H,6H3. The Kier molecular flexibility index (Phi) is 4.22. The first-order chi connectivity index (χ1) is 2.64. The molecule has 0 saturated heterocycles. The summed E-state index contributed by atoms with van der Waals surface area (Å²) in [5, 5.41) is 0. The maximum atomic E-state index is 5.43. The van der Waals surface area contributed by atoms with E-state index >= 15 is 0 Å². The van der Waals surface area contributed by atoms with E-state index in [1.54, 1.807) is 0 Å². The molecule has 0 aliphatic rings. The van der Waals surface area contributed by atoms with Crippen LogP contribution in [-0.4, -0.2) is 25.6 Å². The third-order valence-corrected chi connectivity index (χ3v) is 4.79. The van der Waals surface area contributed by atoms with E-state index in [9.17, 15) is 0 Å². The summed E-state index contributed by atoms with van der Waals surface area (Å²) in [6.07, 6.45) is 0. The van der Waals surface area contributed by atoms with Crippen molar-refractivity contribution in [1.29, 1.82) is 0 Å². The molecule has 0 aliphatic heterocycles. The van der Waals surface area contributed by atoms with Crippen LogP contribution in [0.4, 0.5) is 0 Å². The number of hydrogen-bond acceptors (Lipinski definition) is 0. The van der Waals surface area contributed by atoms with Gasteiger partial charge in [0.25, 0.3) is 0 Å². The van der Waals surface area contributed by atoms with Gasteiger partial charge in [-0.05, 0) is 0 Å². The second-order valence-electron chi connectivity index (χ2n) is 1.01. The van der Waals surface area contributed by atoms with E-state index in [-0.39, 0.29) is 9.05 Å². The molecule has 0 aromatic carbocycles. The Balaban J connectivity index is 2.99. The van der Waals surface area contributed by atoms with Gasteiger partial charge in [0.2, 0.25) is 0 Å². The van der Waals surface area contributed by atoms with E-state index in [1.165, 1.54) is 0 Å². The predicted octanol–water partition coefficient (Wildman–Crippen LogP) is 0.720. The fourth-order valence-electron chi connectivity index (χ4n) is 0. The molecule has 0 aliphatic carbocycles. The van der Waals surface area contributed by atoms with Gasteiger partial charge in [0.1, 0.15) is 0 Å². The van der Waals surface area contributed by atoms with E-state index < -0.39 is 0 Å². The van der Waals surface area contributed by atoms with Crippen LogP contribution in [-0.2, 0) is 0 Å². The van der Waals surface area contributed by atoms with Gasteiger partial charge in [-0.2, -0.15) is 0 Å². The van der Waals surface area contributed by atoms with Crippen LogP contribution in [0.5, 0.6) is 0 Å². The number of halogens is 3. The Morgan fingerprint density at radius 1 is 1.17 bits per heavy atom. The van der Waals surface area contributed by atoms with Crippen LogP contribution >= 0.6 is 34.8 Å². The van der Waals surface area contributed by atoms with Crippen molar-refractivity contribution in [3.05, 3.63) is 0 Å². The Hall–Kier alpha value is 1.41. The molecule has 0 amide bonds. The Labute approximate surface area is 60.4 Å². The average molecular weight is 208 g/mol. The van der Waals surface area contributed by atoms with Gasteiger partial charge in [-0.3, -0.25) is 0 Å². The molecule has 1 unspecified atom stereocenters. The second-order valence-corrected chi connectivity index (χ2v) is 7.01. The first kappa shape index (κ1) is 7.41. The van der Waals surface area contributed by atoms with Crippen molar-refractivity contribution in [2.45, 2.75) is 9.05 Å². The predicted molar refractivity (Wildman–Crippen MR) is 35.1 cm³/mol. The molecular weight excluding hydrogens is 203 g/mol. The van der Waals surface area contributed by atoms with Crippen molar-refractivity contribution in [2.24, 2.45) is 0 Å². The van der Waals surface area contributed by atoms with Crippen LogP contribution in [0.1, 0.15) is 0 Å². The first-order valence-corrected chi connectivity index (χ1v) is 5.30. The normalized spacial score (nSPS) is 16.0. The summed E-state index contributed by atoms with van der Waals surface area (Å²) in [5.74, 6) is 0. The monoisotopic (exact) mass is 208 g/mol. The summed E-state index contributed by atoms with van der Waals surface area (Å²) in [5.41, 5.74) is 0. The zero-order valence-electron chi connectivity index (χ0n) is 3.29. The Morgan fingerprint density at radius 3 is 1.33 bits per heavy atom. The number of hydrogen-bond donors (Lipinski definition) is 0. The van der Waals surface area contributed by atoms with Crippen LogP contribution in [0.15, 0.2) is 0 Å². The van der Waals surface area contributed by atoms with Gasteiger partial charge >= 0.3 is 60.4 Å². The number of alkyl halides is 3. The van der Waals surface area contributed by atoms with Gasteiger partial charge < -0.3 is 0 Å². The molecular formula is C2H5Cl3Ge. The molecule has 0 spiro atoms. The molecule has 0 N–H and O–H groups in total. The van der Waals surface area contributed by atoms with Crippen molar-refractivity contribution >= 4 is 51.3 Å². The van der Waals surface area contributed by atoms with Crippen LogP contribution in [0.2, 0.25) is 0 Å². The zero-order valence-corrected chi connectivity index (χ0v) is 9.75. The fourth-order valence-corrected chi connectivity index (χ4v) is 0. The van der Waals surface area contributed by atoms with Crippen LogP contribution in [0.3, 0.4) is 0 Å². The van der Waals surface area contributed by atoms with Gasteiger partial charge in [0.15, 0.2) is 0 Å². The second kappa shape index (κ2) is 3.42. The molecule has 38 valence electrons. The minimum absolute atomic E-state index is 0.0424. The SMILES string of the molecule is ClC(Cl)[CH](Cl)[GeH3]. The van der Waals surface area contributed by atoms with E-state index in [4.69, 9.17) is 34.8 Å². The first-order valence-electron chi connectivity index (χ1n) is 1.57. The van der Waals surface area contributed by atoms with Gasteiger partial charge in [-0.15, -0.1) is 0 Å². The summed E-state index contributed by atoms with van der Waals surface area (Å²) in [4.78, 5) is -0.355. The van der Waals surface area contributed by atoms with Gasteiger partial charge in [0.05, 0.1) is 0 Å². The summed E-state index contributed by atoms with van der Waals surface area (Å²) >= 11 is 16.6. The van der Waals surface area contributed by atoms with Crippen LogP contribution in [0, 0.1) is 0 Å². The van der Waals surface area contributed by atoms with Crippen LogP contribution < -0.4 is 0 Å². The molecule has 0 heterocycles. The van der Waals surface area contributed by atoms with Crippen molar-refractivity contribution in [3.63, 3.8) is 0 Å². The van der Waals surface area contributed by atoms with E-state index in [0.29, 0.717) is 16.5 Å². The molecule has 0 saturated carbocycles.